The number of nitrogens with two attached hydrogens (primary N) is 1. The van der Waals surface area contributed by atoms with Gasteiger partial charge in [0.1, 0.15) is 0 Å². The molecule has 4 N–H and O–H groups in total. The second kappa shape index (κ2) is 4.57. The minimum Gasteiger partial charge on any atom is -0.329 e. The fraction of sp³-hybridized carbons (Fsp3) is 1.00. The minimum atomic E-state index is 0.250. The number of nitrogens with one attached hydrogen (secondary N) is 2. The first kappa shape index (κ1) is 10.4. The van der Waals surface area contributed by atoms with E-state index in [1.807, 2.05) is 0 Å². The highest BCUT2D eigenvalue weighted by Gasteiger charge is 2.36. The largest absolute Gasteiger partial charge is 0.329 e. The Labute approximate surface area is 86.2 Å². The molecular weight excluding hydrogens is 176 g/mol. The molecule has 0 aromatic rings. The molecular formula is C10H22N4. The van der Waals surface area contributed by atoms with E-state index in [1.165, 1.54) is 12.8 Å². The van der Waals surface area contributed by atoms with Crippen molar-refractivity contribution in [1.29, 1.82) is 0 Å². The van der Waals surface area contributed by atoms with Crippen molar-refractivity contribution in [2.45, 2.75) is 18.4 Å². The van der Waals surface area contributed by atoms with Crippen molar-refractivity contribution in [2.24, 2.45) is 5.73 Å². The second-order valence-corrected chi connectivity index (χ2v) is 4.45. The fourth-order valence-electron chi connectivity index (χ4n) is 2.66. The highest BCUT2D eigenvalue weighted by molar-refractivity contribution is 4.97. The van der Waals surface area contributed by atoms with Gasteiger partial charge in [-0.2, -0.15) is 0 Å². The second-order valence-electron chi connectivity index (χ2n) is 4.45. The maximum Gasteiger partial charge on any atom is 0.0457 e. The molecule has 2 rings (SSSR count). The van der Waals surface area contributed by atoms with E-state index in [9.17, 15) is 0 Å². The molecule has 0 aromatic heterocycles. The summed E-state index contributed by atoms with van der Waals surface area (Å²) in [6.07, 6.45) is 2.53. The zero-order chi connectivity index (χ0) is 9.86. The Morgan fingerprint density at radius 1 is 1.14 bits per heavy atom. The minimum absolute atomic E-state index is 0.250. The molecule has 1 atom stereocenters. The van der Waals surface area contributed by atoms with E-state index in [0.29, 0.717) is 0 Å². The van der Waals surface area contributed by atoms with Crippen LogP contribution in [0.1, 0.15) is 12.8 Å². The predicted molar refractivity (Wildman–Crippen MR) is 58.3 cm³/mol. The average molecular weight is 198 g/mol. The molecule has 0 bridgehead atoms. The van der Waals surface area contributed by atoms with E-state index in [1.54, 1.807) is 0 Å². The molecule has 14 heavy (non-hydrogen) atoms. The van der Waals surface area contributed by atoms with Crippen LogP contribution in [0.3, 0.4) is 0 Å². The molecule has 0 radical (unpaired) electrons. The highest BCUT2D eigenvalue weighted by atomic mass is 15.3. The third-order valence-electron chi connectivity index (χ3n) is 3.62. The van der Waals surface area contributed by atoms with Gasteiger partial charge in [-0.3, -0.25) is 4.90 Å². The van der Waals surface area contributed by atoms with E-state index in [0.717, 1.165) is 45.8 Å². The Hall–Kier alpha value is -0.160. The van der Waals surface area contributed by atoms with E-state index in [2.05, 4.69) is 15.5 Å². The van der Waals surface area contributed by atoms with Gasteiger partial charge in [-0.25, -0.2) is 0 Å². The Kier molecular flexibility index (Phi) is 3.38. The summed E-state index contributed by atoms with van der Waals surface area (Å²) in [4.78, 5) is 2.58. The maximum atomic E-state index is 5.97. The van der Waals surface area contributed by atoms with Gasteiger partial charge in [-0.1, -0.05) is 0 Å². The molecule has 0 spiro atoms. The highest BCUT2D eigenvalue weighted by Crippen LogP contribution is 2.23. The fourth-order valence-corrected chi connectivity index (χ4v) is 2.66. The lowest BCUT2D eigenvalue weighted by Gasteiger charge is -2.47. The normalized spacial score (nSPS) is 35.8. The molecule has 0 aromatic carbocycles. The molecule has 0 amide bonds. The molecule has 0 saturated carbocycles. The summed E-state index contributed by atoms with van der Waals surface area (Å²) >= 11 is 0. The van der Waals surface area contributed by atoms with Crippen LogP contribution in [0.4, 0.5) is 0 Å². The summed E-state index contributed by atoms with van der Waals surface area (Å²) < 4.78 is 0. The van der Waals surface area contributed by atoms with E-state index in [-0.39, 0.29) is 5.54 Å². The first-order valence-electron chi connectivity index (χ1n) is 5.74. The summed E-state index contributed by atoms with van der Waals surface area (Å²) in [5, 5.41) is 6.87. The smallest absolute Gasteiger partial charge is 0.0457 e. The van der Waals surface area contributed by atoms with Crippen LogP contribution in [0.2, 0.25) is 0 Å². The summed E-state index contributed by atoms with van der Waals surface area (Å²) in [5.41, 5.74) is 6.22. The average Bonchev–Trinajstić information content (AvgIpc) is 2.31. The van der Waals surface area contributed by atoms with Crippen molar-refractivity contribution in [2.75, 3.05) is 45.8 Å². The van der Waals surface area contributed by atoms with Crippen LogP contribution in [0, 0.1) is 0 Å². The van der Waals surface area contributed by atoms with Crippen molar-refractivity contribution < 1.29 is 0 Å². The van der Waals surface area contributed by atoms with Crippen LogP contribution >= 0.6 is 0 Å². The summed E-state index contributed by atoms with van der Waals surface area (Å²) in [6, 6.07) is 0. The van der Waals surface area contributed by atoms with Gasteiger partial charge in [0, 0.05) is 44.8 Å². The van der Waals surface area contributed by atoms with Crippen LogP contribution in [0.25, 0.3) is 0 Å². The lowest BCUT2D eigenvalue weighted by atomic mass is 9.87. The number of nitrogens with zero attached hydrogens (tertiary/aromatic N) is 1. The van der Waals surface area contributed by atoms with Crippen molar-refractivity contribution in [3.63, 3.8) is 0 Å². The summed E-state index contributed by atoms with van der Waals surface area (Å²) in [6.45, 7) is 7.55. The number of piperidine rings is 1. The molecule has 2 aliphatic rings. The van der Waals surface area contributed by atoms with Gasteiger partial charge in [0.15, 0.2) is 0 Å². The SMILES string of the molecule is NCC1(N2CCNCC2)CCCNC1. The van der Waals surface area contributed by atoms with Crippen LogP contribution in [-0.4, -0.2) is 56.3 Å². The quantitative estimate of drug-likeness (QED) is 0.531. The van der Waals surface area contributed by atoms with Crippen molar-refractivity contribution >= 4 is 0 Å². The van der Waals surface area contributed by atoms with Gasteiger partial charge in [-0.05, 0) is 19.4 Å². The standard InChI is InChI=1S/C10H22N4/c11-8-10(2-1-3-13-9-10)14-6-4-12-5-7-14/h12-13H,1-9,11H2. The molecule has 1 unspecified atom stereocenters. The van der Waals surface area contributed by atoms with Gasteiger partial charge in [0.25, 0.3) is 0 Å². The third-order valence-corrected chi connectivity index (χ3v) is 3.62. The monoisotopic (exact) mass is 198 g/mol. The molecule has 82 valence electrons. The number of hydrogen-bond donors (Lipinski definition) is 3. The molecule has 2 aliphatic heterocycles. The topological polar surface area (TPSA) is 53.3 Å². The first-order valence-corrected chi connectivity index (χ1v) is 5.74. The van der Waals surface area contributed by atoms with E-state index >= 15 is 0 Å². The summed E-state index contributed by atoms with van der Waals surface area (Å²) in [7, 11) is 0. The summed E-state index contributed by atoms with van der Waals surface area (Å²) in [5.74, 6) is 0. The van der Waals surface area contributed by atoms with Crippen LogP contribution < -0.4 is 16.4 Å². The van der Waals surface area contributed by atoms with Crippen molar-refractivity contribution in [3.8, 4) is 0 Å². The van der Waals surface area contributed by atoms with Gasteiger partial charge >= 0.3 is 0 Å². The molecule has 2 heterocycles. The molecule has 4 heteroatoms. The lowest BCUT2D eigenvalue weighted by Crippen LogP contribution is -2.65. The third kappa shape index (κ3) is 1.93. The van der Waals surface area contributed by atoms with E-state index in [4.69, 9.17) is 5.73 Å². The predicted octanol–water partition coefficient (Wildman–Crippen LogP) is -1.03. The molecule has 2 saturated heterocycles. The Morgan fingerprint density at radius 2 is 1.93 bits per heavy atom. The van der Waals surface area contributed by atoms with Gasteiger partial charge in [-0.15, -0.1) is 0 Å². The van der Waals surface area contributed by atoms with Crippen molar-refractivity contribution in [1.82, 2.24) is 15.5 Å². The zero-order valence-corrected chi connectivity index (χ0v) is 8.89. The number of piperazine rings is 1. The van der Waals surface area contributed by atoms with Gasteiger partial charge in [0.05, 0.1) is 0 Å². The van der Waals surface area contributed by atoms with Crippen LogP contribution in [0.15, 0.2) is 0 Å². The maximum absolute atomic E-state index is 5.97. The van der Waals surface area contributed by atoms with Crippen LogP contribution in [0.5, 0.6) is 0 Å². The van der Waals surface area contributed by atoms with Crippen LogP contribution in [-0.2, 0) is 0 Å². The molecule has 4 nitrogen and oxygen atoms in total. The first-order chi connectivity index (χ1) is 6.87. The molecule has 2 fully saturated rings. The van der Waals surface area contributed by atoms with Gasteiger partial charge < -0.3 is 16.4 Å². The Bertz CT molecular complexity index is 171. The Morgan fingerprint density at radius 3 is 2.50 bits per heavy atom. The van der Waals surface area contributed by atoms with Gasteiger partial charge in [0.2, 0.25) is 0 Å². The lowest BCUT2D eigenvalue weighted by molar-refractivity contribution is 0.0569. The number of rotatable bonds is 2. The zero-order valence-electron chi connectivity index (χ0n) is 8.89. The van der Waals surface area contributed by atoms with E-state index < -0.39 is 0 Å². The Balaban J connectivity index is 2.01. The molecule has 0 aliphatic carbocycles. The van der Waals surface area contributed by atoms with Crippen molar-refractivity contribution in [3.05, 3.63) is 0 Å². The number of hydrogen-bond acceptors (Lipinski definition) is 4.